The lowest BCUT2D eigenvalue weighted by molar-refractivity contribution is 0.0863. The smallest absolute Gasteiger partial charge is 0.0244 e. The van der Waals surface area contributed by atoms with E-state index in [0.717, 1.165) is 18.4 Å². The lowest BCUT2D eigenvalue weighted by atomic mass is 9.96. The fourth-order valence-electron chi connectivity index (χ4n) is 3.64. The van der Waals surface area contributed by atoms with Crippen molar-refractivity contribution in [3.8, 4) is 0 Å². The van der Waals surface area contributed by atoms with Crippen molar-refractivity contribution in [2.24, 2.45) is 11.8 Å². The summed E-state index contributed by atoms with van der Waals surface area (Å²) in [6.07, 6.45) is 2.73. The second-order valence-corrected chi connectivity index (χ2v) is 7.56. The van der Waals surface area contributed by atoms with Gasteiger partial charge in [0.05, 0.1) is 0 Å². The molecule has 0 bridgehead atoms. The lowest BCUT2D eigenvalue weighted by Crippen LogP contribution is -2.54. The number of piperazine rings is 1. The highest BCUT2D eigenvalue weighted by molar-refractivity contribution is 4.82. The summed E-state index contributed by atoms with van der Waals surface area (Å²) in [5.41, 5.74) is 0. The normalized spacial score (nSPS) is 25.6. The number of hydrogen-bond donors (Lipinski definition) is 1. The summed E-state index contributed by atoms with van der Waals surface area (Å²) in [5.74, 6) is 1.62. The van der Waals surface area contributed by atoms with Gasteiger partial charge in [0, 0.05) is 38.8 Å². The Labute approximate surface area is 131 Å². The van der Waals surface area contributed by atoms with E-state index in [9.17, 15) is 0 Å². The highest BCUT2D eigenvalue weighted by atomic mass is 15.3. The maximum absolute atomic E-state index is 3.79. The second-order valence-electron chi connectivity index (χ2n) is 7.56. The quantitative estimate of drug-likeness (QED) is 0.795. The van der Waals surface area contributed by atoms with Gasteiger partial charge >= 0.3 is 0 Å². The van der Waals surface area contributed by atoms with Gasteiger partial charge in [0.2, 0.25) is 0 Å². The molecule has 1 unspecified atom stereocenters. The van der Waals surface area contributed by atoms with Gasteiger partial charge in [-0.2, -0.15) is 0 Å². The minimum atomic E-state index is 0.699. The SMILES string of the molecule is CC(C)C(CNCC1CCN(C)CC1)N1CCN(C)CC1. The molecule has 2 saturated heterocycles. The first-order chi connectivity index (χ1) is 10.1. The summed E-state index contributed by atoms with van der Waals surface area (Å²) in [7, 11) is 4.48. The molecule has 1 N–H and O–H groups in total. The third kappa shape index (κ3) is 5.51. The molecule has 4 nitrogen and oxygen atoms in total. The van der Waals surface area contributed by atoms with Crippen molar-refractivity contribution in [3.05, 3.63) is 0 Å². The van der Waals surface area contributed by atoms with Crippen molar-refractivity contribution in [1.82, 2.24) is 20.0 Å². The van der Waals surface area contributed by atoms with Crippen LogP contribution in [0.3, 0.4) is 0 Å². The number of nitrogens with one attached hydrogen (secondary N) is 1. The fraction of sp³-hybridized carbons (Fsp3) is 1.00. The first-order valence-corrected chi connectivity index (χ1v) is 8.88. The van der Waals surface area contributed by atoms with Crippen LogP contribution >= 0.6 is 0 Å². The molecule has 0 aliphatic carbocycles. The van der Waals surface area contributed by atoms with Gasteiger partial charge in [-0.1, -0.05) is 13.8 Å². The molecule has 2 rings (SSSR count). The van der Waals surface area contributed by atoms with E-state index in [4.69, 9.17) is 0 Å². The van der Waals surface area contributed by atoms with Crippen LogP contribution in [0.4, 0.5) is 0 Å². The average Bonchev–Trinajstić information content (AvgIpc) is 2.46. The van der Waals surface area contributed by atoms with E-state index in [1.807, 2.05) is 0 Å². The van der Waals surface area contributed by atoms with Crippen LogP contribution in [0.2, 0.25) is 0 Å². The molecule has 0 aromatic rings. The van der Waals surface area contributed by atoms with Crippen LogP contribution in [0, 0.1) is 11.8 Å². The Hall–Kier alpha value is -0.160. The summed E-state index contributed by atoms with van der Waals surface area (Å²) in [4.78, 5) is 7.60. The number of likely N-dealkylation sites (N-methyl/N-ethyl adjacent to an activating group) is 1. The summed E-state index contributed by atoms with van der Waals surface area (Å²) in [6.45, 7) is 14.6. The zero-order chi connectivity index (χ0) is 15.2. The van der Waals surface area contributed by atoms with E-state index in [-0.39, 0.29) is 0 Å². The molecule has 2 fully saturated rings. The van der Waals surface area contributed by atoms with Crippen molar-refractivity contribution in [1.29, 1.82) is 0 Å². The van der Waals surface area contributed by atoms with Gasteiger partial charge in [0.15, 0.2) is 0 Å². The summed E-state index contributed by atoms with van der Waals surface area (Å²) < 4.78 is 0. The van der Waals surface area contributed by atoms with E-state index in [1.165, 1.54) is 58.7 Å². The van der Waals surface area contributed by atoms with Crippen LogP contribution in [0.5, 0.6) is 0 Å². The minimum absolute atomic E-state index is 0.699. The molecule has 0 radical (unpaired) electrons. The molecule has 2 heterocycles. The number of rotatable bonds is 6. The van der Waals surface area contributed by atoms with Crippen molar-refractivity contribution >= 4 is 0 Å². The summed E-state index contributed by atoms with van der Waals surface area (Å²) in [5, 5.41) is 3.79. The molecule has 0 aromatic heterocycles. The molecule has 2 aliphatic rings. The molecular weight excluding hydrogens is 260 g/mol. The highest BCUT2D eigenvalue weighted by Crippen LogP contribution is 2.16. The van der Waals surface area contributed by atoms with Gasteiger partial charge in [0.1, 0.15) is 0 Å². The molecule has 0 aromatic carbocycles. The number of nitrogens with zero attached hydrogens (tertiary/aromatic N) is 3. The largest absolute Gasteiger partial charge is 0.315 e. The van der Waals surface area contributed by atoms with Gasteiger partial charge in [-0.15, -0.1) is 0 Å². The van der Waals surface area contributed by atoms with E-state index in [1.54, 1.807) is 0 Å². The van der Waals surface area contributed by atoms with Gasteiger partial charge in [-0.25, -0.2) is 0 Å². The van der Waals surface area contributed by atoms with Gasteiger partial charge in [-0.05, 0) is 58.4 Å². The van der Waals surface area contributed by atoms with Crippen LogP contribution in [0.15, 0.2) is 0 Å². The lowest BCUT2D eigenvalue weighted by Gasteiger charge is -2.40. The monoisotopic (exact) mass is 296 g/mol. The Kier molecular flexibility index (Phi) is 6.93. The number of hydrogen-bond acceptors (Lipinski definition) is 4. The molecular formula is C17H36N4. The Morgan fingerprint density at radius 1 is 0.905 bits per heavy atom. The average molecular weight is 297 g/mol. The topological polar surface area (TPSA) is 21.8 Å². The van der Waals surface area contributed by atoms with Gasteiger partial charge in [-0.3, -0.25) is 4.90 Å². The van der Waals surface area contributed by atoms with Crippen molar-refractivity contribution in [3.63, 3.8) is 0 Å². The number of piperidine rings is 1. The molecule has 4 heteroatoms. The van der Waals surface area contributed by atoms with Gasteiger partial charge < -0.3 is 15.1 Å². The maximum Gasteiger partial charge on any atom is 0.0244 e. The standard InChI is InChI=1S/C17H36N4/c1-15(2)17(21-11-9-20(4)10-12-21)14-18-13-16-5-7-19(3)8-6-16/h15-18H,5-14H2,1-4H3. The molecule has 1 atom stereocenters. The van der Waals surface area contributed by atoms with Crippen LogP contribution < -0.4 is 5.32 Å². The van der Waals surface area contributed by atoms with Crippen LogP contribution in [-0.2, 0) is 0 Å². The van der Waals surface area contributed by atoms with Crippen molar-refractivity contribution in [2.75, 3.05) is 66.5 Å². The first-order valence-electron chi connectivity index (χ1n) is 8.88. The van der Waals surface area contributed by atoms with Crippen LogP contribution in [0.25, 0.3) is 0 Å². The Bertz CT molecular complexity index is 279. The van der Waals surface area contributed by atoms with Crippen LogP contribution in [-0.4, -0.2) is 87.2 Å². The molecule has 0 spiro atoms. The minimum Gasteiger partial charge on any atom is -0.315 e. The third-order valence-corrected chi connectivity index (χ3v) is 5.40. The Morgan fingerprint density at radius 2 is 1.48 bits per heavy atom. The second kappa shape index (κ2) is 8.47. The Morgan fingerprint density at radius 3 is 2.05 bits per heavy atom. The Balaban J connectivity index is 1.70. The molecule has 21 heavy (non-hydrogen) atoms. The molecule has 0 amide bonds. The van der Waals surface area contributed by atoms with E-state index in [2.05, 4.69) is 48.0 Å². The van der Waals surface area contributed by atoms with Crippen molar-refractivity contribution < 1.29 is 0 Å². The maximum atomic E-state index is 3.79. The predicted octanol–water partition coefficient (Wildman–Crippen LogP) is 1.19. The molecule has 2 aliphatic heterocycles. The summed E-state index contributed by atoms with van der Waals surface area (Å²) in [6, 6.07) is 0.699. The van der Waals surface area contributed by atoms with E-state index < -0.39 is 0 Å². The van der Waals surface area contributed by atoms with E-state index in [0.29, 0.717) is 6.04 Å². The fourth-order valence-corrected chi connectivity index (χ4v) is 3.64. The first kappa shape index (κ1) is 17.2. The zero-order valence-electron chi connectivity index (χ0n) is 14.6. The number of likely N-dealkylation sites (tertiary alicyclic amines) is 1. The zero-order valence-corrected chi connectivity index (χ0v) is 14.6. The summed E-state index contributed by atoms with van der Waals surface area (Å²) >= 11 is 0. The van der Waals surface area contributed by atoms with Crippen LogP contribution in [0.1, 0.15) is 26.7 Å². The van der Waals surface area contributed by atoms with E-state index >= 15 is 0 Å². The van der Waals surface area contributed by atoms with Gasteiger partial charge in [0.25, 0.3) is 0 Å². The molecule has 124 valence electrons. The van der Waals surface area contributed by atoms with Crippen molar-refractivity contribution in [2.45, 2.75) is 32.7 Å². The third-order valence-electron chi connectivity index (χ3n) is 5.40. The predicted molar refractivity (Wildman–Crippen MR) is 90.8 cm³/mol. The highest BCUT2D eigenvalue weighted by Gasteiger charge is 2.25. The molecule has 0 saturated carbocycles.